The number of benzene rings is 2. The molecule has 0 atom stereocenters. The first-order valence-electron chi connectivity index (χ1n) is 9.21. The minimum Gasteiger partial charge on any atom is -0.348 e. The van der Waals surface area contributed by atoms with Crippen LogP contribution in [0.3, 0.4) is 0 Å². The summed E-state index contributed by atoms with van der Waals surface area (Å²) in [7, 11) is 0. The number of fused-ring (bicyclic) bond motifs is 1. The Hall–Kier alpha value is -3.61. The maximum atomic E-state index is 13.5. The maximum absolute atomic E-state index is 13.5. The Kier molecular flexibility index (Phi) is 5.03. The van der Waals surface area contributed by atoms with Gasteiger partial charge in [-0.1, -0.05) is 31.2 Å². The molecular weight excluding hydrogens is 374 g/mol. The first-order valence-corrected chi connectivity index (χ1v) is 9.21. The van der Waals surface area contributed by atoms with Crippen molar-refractivity contribution in [3.63, 3.8) is 0 Å². The molecule has 29 heavy (non-hydrogen) atoms. The summed E-state index contributed by atoms with van der Waals surface area (Å²) >= 11 is 0. The standard InChI is InChI=1S/C22H18F2N4O/c1-2-14-3-5-15(6-4-14)13-25-22(29)16-7-8-28-20(11-16)26-27-21(28)17-9-18(23)12-19(24)10-17/h3-12H,2,13H2,1H3,(H,25,29). The quantitative estimate of drug-likeness (QED) is 0.555. The van der Waals surface area contributed by atoms with Gasteiger partial charge in [-0.2, -0.15) is 0 Å². The van der Waals surface area contributed by atoms with E-state index in [0.29, 0.717) is 23.6 Å². The molecule has 4 rings (SSSR count). The van der Waals surface area contributed by atoms with E-state index in [9.17, 15) is 13.6 Å². The van der Waals surface area contributed by atoms with Crippen LogP contribution in [0.4, 0.5) is 8.78 Å². The van der Waals surface area contributed by atoms with Gasteiger partial charge in [0.25, 0.3) is 5.91 Å². The average molecular weight is 392 g/mol. The van der Waals surface area contributed by atoms with E-state index in [-0.39, 0.29) is 11.5 Å². The highest BCUT2D eigenvalue weighted by atomic mass is 19.1. The Morgan fingerprint density at radius 2 is 1.66 bits per heavy atom. The van der Waals surface area contributed by atoms with E-state index < -0.39 is 11.6 Å². The van der Waals surface area contributed by atoms with Crippen molar-refractivity contribution < 1.29 is 13.6 Å². The highest BCUT2D eigenvalue weighted by Crippen LogP contribution is 2.21. The molecule has 0 aliphatic heterocycles. The van der Waals surface area contributed by atoms with Gasteiger partial charge < -0.3 is 5.32 Å². The van der Waals surface area contributed by atoms with Crippen LogP contribution in [-0.4, -0.2) is 20.5 Å². The summed E-state index contributed by atoms with van der Waals surface area (Å²) in [5, 5.41) is 10.9. The number of hydrogen-bond acceptors (Lipinski definition) is 3. The fourth-order valence-electron chi connectivity index (χ4n) is 3.09. The molecule has 2 aromatic heterocycles. The number of amides is 1. The Labute approximate surface area is 166 Å². The van der Waals surface area contributed by atoms with Gasteiger partial charge in [-0.15, -0.1) is 10.2 Å². The van der Waals surface area contributed by atoms with E-state index in [1.807, 2.05) is 24.3 Å². The minimum absolute atomic E-state index is 0.242. The van der Waals surface area contributed by atoms with E-state index in [2.05, 4.69) is 22.4 Å². The summed E-state index contributed by atoms with van der Waals surface area (Å²) in [4.78, 5) is 12.5. The van der Waals surface area contributed by atoms with E-state index in [1.165, 1.54) is 17.7 Å². The third kappa shape index (κ3) is 3.99. The number of rotatable bonds is 5. The number of pyridine rings is 1. The summed E-state index contributed by atoms with van der Waals surface area (Å²) in [6, 6.07) is 14.4. The van der Waals surface area contributed by atoms with Crippen LogP contribution in [0.15, 0.2) is 60.8 Å². The van der Waals surface area contributed by atoms with Gasteiger partial charge in [-0.3, -0.25) is 9.20 Å². The molecule has 146 valence electrons. The lowest BCUT2D eigenvalue weighted by Gasteiger charge is -2.07. The second kappa shape index (κ2) is 7.79. The largest absolute Gasteiger partial charge is 0.348 e. The molecule has 5 nitrogen and oxygen atoms in total. The Morgan fingerprint density at radius 3 is 2.34 bits per heavy atom. The summed E-state index contributed by atoms with van der Waals surface area (Å²) in [5.41, 5.74) is 3.35. The normalized spacial score (nSPS) is 11.0. The van der Waals surface area contributed by atoms with Crippen molar-refractivity contribution in [1.82, 2.24) is 19.9 Å². The Morgan fingerprint density at radius 1 is 0.966 bits per heavy atom. The number of aromatic nitrogens is 3. The lowest BCUT2D eigenvalue weighted by atomic mass is 10.1. The molecule has 1 N–H and O–H groups in total. The van der Waals surface area contributed by atoms with Gasteiger partial charge in [0.2, 0.25) is 0 Å². The van der Waals surface area contributed by atoms with Gasteiger partial charge in [0, 0.05) is 29.9 Å². The van der Waals surface area contributed by atoms with Gasteiger partial charge in [0.05, 0.1) is 0 Å². The molecule has 2 aromatic carbocycles. The molecule has 0 saturated heterocycles. The van der Waals surface area contributed by atoms with Crippen molar-refractivity contribution in [2.45, 2.75) is 19.9 Å². The SMILES string of the molecule is CCc1ccc(CNC(=O)c2ccn3c(-c4cc(F)cc(F)c4)nnc3c2)cc1. The molecule has 0 fully saturated rings. The third-order valence-corrected chi connectivity index (χ3v) is 4.68. The predicted octanol–water partition coefficient (Wildman–Crippen LogP) is 4.17. The zero-order valence-corrected chi connectivity index (χ0v) is 15.7. The zero-order chi connectivity index (χ0) is 20.4. The Balaban J connectivity index is 1.53. The number of aryl methyl sites for hydroxylation is 1. The summed E-state index contributed by atoms with van der Waals surface area (Å²) in [6.07, 6.45) is 2.58. The van der Waals surface area contributed by atoms with E-state index >= 15 is 0 Å². The van der Waals surface area contributed by atoms with Gasteiger partial charge in [0.15, 0.2) is 11.5 Å². The van der Waals surface area contributed by atoms with Gasteiger partial charge >= 0.3 is 0 Å². The monoisotopic (exact) mass is 392 g/mol. The van der Waals surface area contributed by atoms with Crippen LogP contribution in [0.1, 0.15) is 28.4 Å². The van der Waals surface area contributed by atoms with Gasteiger partial charge in [-0.25, -0.2) is 8.78 Å². The van der Waals surface area contributed by atoms with Crippen LogP contribution in [0, 0.1) is 11.6 Å². The minimum atomic E-state index is -0.695. The lowest BCUT2D eigenvalue weighted by Crippen LogP contribution is -2.22. The predicted molar refractivity (Wildman–Crippen MR) is 105 cm³/mol. The smallest absolute Gasteiger partial charge is 0.251 e. The van der Waals surface area contributed by atoms with E-state index in [4.69, 9.17) is 0 Å². The lowest BCUT2D eigenvalue weighted by molar-refractivity contribution is 0.0951. The molecule has 7 heteroatoms. The summed E-state index contributed by atoms with van der Waals surface area (Å²) < 4.78 is 28.6. The number of carbonyl (C=O) groups excluding carboxylic acids is 1. The van der Waals surface area contributed by atoms with Gasteiger partial charge in [-0.05, 0) is 41.8 Å². The number of nitrogens with zero attached hydrogens (tertiary/aromatic N) is 3. The number of halogens is 2. The van der Waals surface area contributed by atoms with Crippen LogP contribution in [0.25, 0.3) is 17.0 Å². The van der Waals surface area contributed by atoms with Crippen LogP contribution in [-0.2, 0) is 13.0 Å². The number of hydrogen-bond donors (Lipinski definition) is 1. The van der Waals surface area contributed by atoms with Crippen LogP contribution < -0.4 is 5.32 Å². The van der Waals surface area contributed by atoms with Crippen LogP contribution in [0.5, 0.6) is 0 Å². The fourth-order valence-corrected chi connectivity index (χ4v) is 3.09. The van der Waals surface area contributed by atoms with Gasteiger partial charge in [0.1, 0.15) is 11.6 Å². The van der Waals surface area contributed by atoms with Crippen molar-refractivity contribution >= 4 is 11.6 Å². The molecular formula is C22H18F2N4O. The maximum Gasteiger partial charge on any atom is 0.251 e. The molecule has 0 aliphatic rings. The topological polar surface area (TPSA) is 59.3 Å². The molecule has 0 radical (unpaired) electrons. The average Bonchev–Trinajstić information content (AvgIpc) is 3.15. The van der Waals surface area contributed by atoms with Crippen LogP contribution >= 0.6 is 0 Å². The Bertz CT molecular complexity index is 1170. The molecule has 0 spiro atoms. The fraction of sp³-hybridized carbons (Fsp3) is 0.136. The highest BCUT2D eigenvalue weighted by Gasteiger charge is 2.13. The molecule has 0 aliphatic carbocycles. The van der Waals surface area contributed by atoms with Crippen molar-refractivity contribution in [3.05, 3.63) is 89.1 Å². The van der Waals surface area contributed by atoms with Crippen LogP contribution in [0.2, 0.25) is 0 Å². The van der Waals surface area contributed by atoms with Crippen molar-refractivity contribution in [1.29, 1.82) is 0 Å². The molecule has 1 amide bonds. The highest BCUT2D eigenvalue weighted by molar-refractivity contribution is 5.95. The zero-order valence-electron chi connectivity index (χ0n) is 15.7. The molecule has 0 saturated carbocycles. The first kappa shape index (κ1) is 18.7. The third-order valence-electron chi connectivity index (χ3n) is 4.68. The second-order valence-electron chi connectivity index (χ2n) is 6.68. The molecule has 2 heterocycles. The number of carbonyl (C=O) groups is 1. The van der Waals surface area contributed by atoms with E-state index in [1.54, 1.807) is 22.7 Å². The molecule has 0 bridgehead atoms. The molecule has 0 unspecified atom stereocenters. The second-order valence-corrected chi connectivity index (χ2v) is 6.68. The number of nitrogens with one attached hydrogen (secondary N) is 1. The first-order chi connectivity index (χ1) is 14.0. The summed E-state index contributed by atoms with van der Waals surface area (Å²) in [6.45, 7) is 2.50. The van der Waals surface area contributed by atoms with Crippen molar-refractivity contribution in [3.8, 4) is 11.4 Å². The van der Waals surface area contributed by atoms with Crippen molar-refractivity contribution in [2.75, 3.05) is 0 Å². The van der Waals surface area contributed by atoms with Crippen molar-refractivity contribution in [2.24, 2.45) is 0 Å². The van der Waals surface area contributed by atoms with E-state index in [0.717, 1.165) is 18.1 Å². The summed E-state index contributed by atoms with van der Waals surface area (Å²) in [5.74, 6) is -1.34. The molecule has 4 aromatic rings.